The molecule has 3 heterocycles. The van der Waals surface area contributed by atoms with E-state index in [1.807, 2.05) is 47.8 Å². The lowest BCUT2D eigenvalue weighted by Gasteiger charge is -2.21. The Morgan fingerprint density at radius 3 is 2.68 bits per heavy atom. The molecule has 1 amide bonds. The average Bonchev–Trinajstić information content (AvgIpc) is 3.43. The highest BCUT2D eigenvalue weighted by Crippen LogP contribution is 2.30. The van der Waals surface area contributed by atoms with Crippen molar-refractivity contribution in [1.29, 1.82) is 0 Å². The molecule has 1 atom stereocenters. The molecular formula is C23H21N3O4S. The van der Waals surface area contributed by atoms with Gasteiger partial charge in [0.1, 0.15) is 0 Å². The zero-order valence-corrected chi connectivity index (χ0v) is 18.2. The first-order chi connectivity index (χ1) is 14.9. The standard InChI is InChI=1S/C23H21N3O4S/c1-14-20-17(12-18(19-10-7-11-31-19)24-21(20)30-25-14)23(28)29-15(2)22(27)26(3)13-16-8-5-4-6-9-16/h4-12,15H,13H2,1-3H3. The molecule has 0 fully saturated rings. The highest BCUT2D eigenvalue weighted by molar-refractivity contribution is 7.13. The number of benzene rings is 1. The highest BCUT2D eigenvalue weighted by Gasteiger charge is 2.26. The second-order valence-corrected chi connectivity index (χ2v) is 8.16. The fraction of sp³-hybridized carbons (Fsp3) is 0.217. The van der Waals surface area contributed by atoms with Crippen LogP contribution in [0.3, 0.4) is 0 Å². The van der Waals surface area contributed by atoms with Gasteiger partial charge < -0.3 is 14.2 Å². The van der Waals surface area contributed by atoms with Gasteiger partial charge in [-0.2, -0.15) is 0 Å². The van der Waals surface area contributed by atoms with Crippen LogP contribution in [0.15, 0.2) is 58.4 Å². The second kappa shape index (κ2) is 8.69. The fourth-order valence-electron chi connectivity index (χ4n) is 3.33. The second-order valence-electron chi connectivity index (χ2n) is 7.21. The average molecular weight is 436 g/mol. The number of carbonyl (C=O) groups is 2. The number of rotatable bonds is 6. The number of aromatic nitrogens is 2. The lowest BCUT2D eigenvalue weighted by atomic mass is 10.1. The van der Waals surface area contributed by atoms with Crippen molar-refractivity contribution in [2.24, 2.45) is 0 Å². The zero-order valence-electron chi connectivity index (χ0n) is 17.4. The molecule has 0 radical (unpaired) electrons. The fourth-order valence-corrected chi connectivity index (χ4v) is 4.01. The van der Waals surface area contributed by atoms with E-state index in [0.717, 1.165) is 10.4 Å². The van der Waals surface area contributed by atoms with Gasteiger partial charge in [-0.15, -0.1) is 11.3 Å². The molecule has 3 aromatic heterocycles. The van der Waals surface area contributed by atoms with Crippen LogP contribution in [0.1, 0.15) is 28.5 Å². The predicted molar refractivity (Wildman–Crippen MR) is 118 cm³/mol. The summed E-state index contributed by atoms with van der Waals surface area (Å²) in [6, 6.07) is 15.1. The maximum Gasteiger partial charge on any atom is 0.339 e. The van der Waals surface area contributed by atoms with Crippen molar-refractivity contribution in [3.8, 4) is 10.6 Å². The number of nitrogens with zero attached hydrogens (tertiary/aromatic N) is 3. The maximum absolute atomic E-state index is 13.0. The predicted octanol–water partition coefficient (Wildman–Crippen LogP) is 4.46. The number of esters is 1. The Kier molecular flexibility index (Phi) is 5.81. The number of hydrogen-bond acceptors (Lipinski definition) is 7. The molecule has 4 aromatic rings. The molecule has 0 aliphatic heterocycles. The van der Waals surface area contributed by atoms with Crippen LogP contribution in [0.5, 0.6) is 0 Å². The van der Waals surface area contributed by atoms with Crippen molar-refractivity contribution in [1.82, 2.24) is 15.0 Å². The summed E-state index contributed by atoms with van der Waals surface area (Å²) in [5.74, 6) is -0.909. The van der Waals surface area contributed by atoms with Crippen molar-refractivity contribution >= 4 is 34.3 Å². The molecule has 0 bridgehead atoms. The third-order valence-electron chi connectivity index (χ3n) is 4.88. The monoisotopic (exact) mass is 435 g/mol. The van der Waals surface area contributed by atoms with Crippen LogP contribution in [-0.2, 0) is 16.1 Å². The summed E-state index contributed by atoms with van der Waals surface area (Å²) >= 11 is 1.50. The molecule has 0 aliphatic carbocycles. The van der Waals surface area contributed by atoms with Gasteiger partial charge in [0.25, 0.3) is 11.6 Å². The molecule has 0 spiro atoms. The molecule has 31 heavy (non-hydrogen) atoms. The molecule has 158 valence electrons. The summed E-state index contributed by atoms with van der Waals surface area (Å²) in [6.45, 7) is 3.73. The molecule has 7 nitrogen and oxygen atoms in total. The Morgan fingerprint density at radius 1 is 1.19 bits per heavy atom. The lowest BCUT2D eigenvalue weighted by molar-refractivity contribution is -0.139. The molecule has 0 N–H and O–H groups in total. The number of ether oxygens (including phenoxy) is 1. The van der Waals surface area contributed by atoms with E-state index in [9.17, 15) is 9.59 Å². The van der Waals surface area contributed by atoms with Crippen LogP contribution >= 0.6 is 11.3 Å². The summed E-state index contributed by atoms with van der Waals surface area (Å²) in [7, 11) is 1.68. The van der Waals surface area contributed by atoms with Gasteiger partial charge in [-0.1, -0.05) is 41.6 Å². The van der Waals surface area contributed by atoms with Gasteiger partial charge in [0, 0.05) is 13.6 Å². The third-order valence-corrected chi connectivity index (χ3v) is 5.77. The van der Waals surface area contributed by atoms with Gasteiger partial charge >= 0.3 is 5.97 Å². The molecule has 1 unspecified atom stereocenters. The van der Waals surface area contributed by atoms with Crippen LogP contribution in [0, 0.1) is 6.92 Å². The van der Waals surface area contributed by atoms with E-state index in [4.69, 9.17) is 9.26 Å². The van der Waals surface area contributed by atoms with E-state index < -0.39 is 12.1 Å². The topological polar surface area (TPSA) is 85.5 Å². The largest absolute Gasteiger partial charge is 0.449 e. The number of fused-ring (bicyclic) bond motifs is 1. The highest BCUT2D eigenvalue weighted by atomic mass is 32.1. The molecule has 1 aromatic carbocycles. The first-order valence-corrected chi connectivity index (χ1v) is 10.6. The summed E-state index contributed by atoms with van der Waals surface area (Å²) in [5.41, 5.74) is 2.65. The van der Waals surface area contributed by atoms with E-state index >= 15 is 0 Å². The van der Waals surface area contributed by atoms with E-state index in [1.165, 1.54) is 16.2 Å². The lowest BCUT2D eigenvalue weighted by Crippen LogP contribution is -2.37. The number of aryl methyl sites for hydroxylation is 1. The van der Waals surface area contributed by atoms with Crippen LogP contribution in [0.4, 0.5) is 0 Å². The molecular weight excluding hydrogens is 414 g/mol. The molecule has 0 aliphatic rings. The van der Waals surface area contributed by atoms with Gasteiger partial charge in [0.05, 0.1) is 27.2 Å². The summed E-state index contributed by atoms with van der Waals surface area (Å²) in [5, 5.41) is 6.35. The first kappa shape index (κ1) is 20.7. The van der Waals surface area contributed by atoms with Crippen molar-refractivity contribution < 1.29 is 18.8 Å². The maximum atomic E-state index is 13.0. The van der Waals surface area contributed by atoms with Crippen LogP contribution in [-0.4, -0.2) is 40.1 Å². The normalized spacial score (nSPS) is 12.0. The SMILES string of the molecule is Cc1noc2nc(-c3cccs3)cc(C(=O)OC(C)C(=O)N(C)Cc3ccccc3)c12. The zero-order chi connectivity index (χ0) is 22.0. The quantitative estimate of drug-likeness (QED) is 0.416. The summed E-state index contributed by atoms with van der Waals surface area (Å²) < 4.78 is 10.8. The van der Waals surface area contributed by atoms with Gasteiger partial charge in [-0.05, 0) is 36.9 Å². The molecule has 0 saturated carbocycles. The smallest absolute Gasteiger partial charge is 0.339 e. The summed E-state index contributed by atoms with van der Waals surface area (Å²) in [4.78, 5) is 32.7. The van der Waals surface area contributed by atoms with Gasteiger partial charge in [0.15, 0.2) is 6.10 Å². The molecule has 4 rings (SSSR count). The van der Waals surface area contributed by atoms with E-state index in [-0.39, 0.29) is 17.2 Å². The van der Waals surface area contributed by atoms with Gasteiger partial charge in [0.2, 0.25) is 0 Å². The summed E-state index contributed by atoms with van der Waals surface area (Å²) in [6.07, 6.45) is -0.949. The van der Waals surface area contributed by atoms with Crippen molar-refractivity contribution in [2.75, 3.05) is 7.05 Å². The minimum Gasteiger partial charge on any atom is -0.449 e. The number of pyridine rings is 1. The number of likely N-dealkylation sites (N-methyl/N-ethyl adjacent to an activating group) is 1. The Labute approximate surface area is 183 Å². The van der Waals surface area contributed by atoms with Crippen molar-refractivity contribution in [2.45, 2.75) is 26.5 Å². The third kappa shape index (κ3) is 4.34. The van der Waals surface area contributed by atoms with Crippen LogP contribution < -0.4 is 0 Å². The Hall–Kier alpha value is -3.52. The van der Waals surface area contributed by atoms with Crippen molar-refractivity contribution in [3.63, 3.8) is 0 Å². The van der Waals surface area contributed by atoms with E-state index in [1.54, 1.807) is 27.0 Å². The molecule has 0 saturated heterocycles. The Bertz CT molecular complexity index is 1220. The molecule has 8 heteroatoms. The van der Waals surface area contributed by atoms with Gasteiger partial charge in [-0.25, -0.2) is 9.78 Å². The number of amides is 1. The number of carbonyl (C=O) groups excluding carboxylic acids is 2. The van der Waals surface area contributed by atoms with E-state index in [0.29, 0.717) is 23.3 Å². The van der Waals surface area contributed by atoms with Crippen LogP contribution in [0.2, 0.25) is 0 Å². The minimum atomic E-state index is -0.949. The Morgan fingerprint density at radius 2 is 1.97 bits per heavy atom. The minimum absolute atomic E-state index is 0.260. The first-order valence-electron chi connectivity index (χ1n) is 9.75. The van der Waals surface area contributed by atoms with Gasteiger partial charge in [-0.3, -0.25) is 4.79 Å². The number of thiophene rings is 1. The van der Waals surface area contributed by atoms with Crippen LogP contribution in [0.25, 0.3) is 21.7 Å². The number of hydrogen-bond donors (Lipinski definition) is 0. The Balaban J connectivity index is 1.56. The van der Waals surface area contributed by atoms with Crippen molar-refractivity contribution in [3.05, 3.63) is 70.7 Å². The van der Waals surface area contributed by atoms with E-state index in [2.05, 4.69) is 10.1 Å².